The number of aryl methyl sites for hydroxylation is 2. The largest absolute Gasteiger partial charge is 0.491 e. The summed E-state index contributed by atoms with van der Waals surface area (Å²) in [7, 11) is 0. The average molecular weight is 464 g/mol. The minimum absolute atomic E-state index is 0.00103. The van der Waals surface area contributed by atoms with Crippen LogP contribution in [0.3, 0.4) is 0 Å². The zero-order valence-corrected chi connectivity index (χ0v) is 18.6. The van der Waals surface area contributed by atoms with Crippen LogP contribution in [0.25, 0.3) is 11.1 Å². The van der Waals surface area contributed by atoms with Crippen LogP contribution in [-0.2, 0) is 12.5 Å². The summed E-state index contributed by atoms with van der Waals surface area (Å²) in [6.45, 7) is 4.81. The molecule has 0 saturated carbocycles. The molecule has 0 aromatic heterocycles. The number of alkyl halides is 4. The fourth-order valence-corrected chi connectivity index (χ4v) is 3.71. The number of rotatable bonds is 9. The van der Waals surface area contributed by atoms with E-state index in [1.807, 2.05) is 24.3 Å². The van der Waals surface area contributed by atoms with Crippen molar-refractivity contribution in [2.24, 2.45) is 0 Å². The lowest BCUT2D eigenvalue weighted by Gasteiger charge is -2.24. The second kappa shape index (κ2) is 10.2. The summed E-state index contributed by atoms with van der Waals surface area (Å²) >= 11 is 0. The van der Waals surface area contributed by atoms with Crippen molar-refractivity contribution < 1.29 is 31.4 Å². The van der Waals surface area contributed by atoms with Crippen molar-refractivity contribution >= 4 is 0 Å². The molecule has 0 heterocycles. The van der Waals surface area contributed by atoms with Gasteiger partial charge in [-0.15, -0.1) is 0 Å². The van der Waals surface area contributed by atoms with Gasteiger partial charge in [-0.25, -0.2) is 13.2 Å². The Morgan fingerprint density at radius 3 is 2.00 bits per heavy atom. The van der Waals surface area contributed by atoms with Gasteiger partial charge in [0.2, 0.25) is 0 Å². The van der Waals surface area contributed by atoms with Gasteiger partial charge in [-0.05, 0) is 60.7 Å². The van der Waals surface area contributed by atoms with Gasteiger partial charge in [-0.3, -0.25) is 0 Å². The quantitative estimate of drug-likeness (QED) is 0.297. The van der Waals surface area contributed by atoms with Gasteiger partial charge in [0.25, 0.3) is 6.43 Å². The molecule has 0 saturated heterocycles. The molecule has 2 nitrogen and oxygen atoms in total. The third-order valence-electron chi connectivity index (χ3n) is 5.20. The Labute approximate surface area is 190 Å². The number of halogens is 5. The first-order chi connectivity index (χ1) is 15.7. The molecular weight excluding hydrogens is 439 g/mol. The molecule has 0 amide bonds. The monoisotopic (exact) mass is 464 g/mol. The molecule has 0 aliphatic rings. The third kappa shape index (κ3) is 5.46. The van der Waals surface area contributed by atoms with Crippen molar-refractivity contribution in [3.8, 4) is 22.6 Å². The van der Waals surface area contributed by atoms with Crippen LogP contribution in [0.2, 0.25) is 0 Å². The second-order valence-electron chi connectivity index (χ2n) is 7.62. The number of ether oxygens (including phenoxy) is 2. The van der Waals surface area contributed by atoms with Gasteiger partial charge in [0.15, 0.2) is 11.6 Å². The summed E-state index contributed by atoms with van der Waals surface area (Å²) in [6, 6.07) is 14.7. The Balaban J connectivity index is 1.89. The highest BCUT2D eigenvalue weighted by molar-refractivity contribution is 5.64. The lowest BCUT2D eigenvalue weighted by Crippen LogP contribution is -2.26. The van der Waals surface area contributed by atoms with Crippen LogP contribution >= 0.6 is 0 Å². The van der Waals surface area contributed by atoms with E-state index in [4.69, 9.17) is 9.47 Å². The fraction of sp³-hybridized carbons (Fsp3) is 0.308. The van der Waals surface area contributed by atoms with E-state index in [1.165, 1.54) is 31.5 Å². The minimum atomic E-state index is -4.19. The van der Waals surface area contributed by atoms with Crippen molar-refractivity contribution in [2.75, 3.05) is 6.61 Å². The van der Waals surface area contributed by atoms with E-state index in [9.17, 15) is 22.0 Å². The van der Waals surface area contributed by atoms with Crippen molar-refractivity contribution in [2.45, 2.75) is 46.1 Å². The van der Waals surface area contributed by atoms with E-state index in [0.717, 1.165) is 30.0 Å². The number of benzene rings is 3. The molecule has 0 bridgehead atoms. The lowest BCUT2D eigenvalue weighted by atomic mass is 9.99. The van der Waals surface area contributed by atoms with Gasteiger partial charge in [0.05, 0.1) is 17.7 Å². The molecule has 0 N–H and O–H groups in total. The van der Waals surface area contributed by atoms with Gasteiger partial charge in [0, 0.05) is 0 Å². The Morgan fingerprint density at radius 1 is 0.909 bits per heavy atom. The molecule has 0 aliphatic heterocycles. The standard InChI is InChI=1S/C26H25F5O2/c1-4-6-17-7-9-18(10-8-17)19-11-13-20(14-12-19)33-26(30,31)23-16(3)15-21(32-5-2)24(27)22(23)25(28)29/h7-15,25H,4-6H2,1-3H3. The van der Waals surface area contributed by atoms with E-state index < -0.39 is 35.2 Å². The van der Waals surface area contributed by atoms with E-state index in [2.05, 4.69) is 6.92 Å². The van der Waals surface area contributed by atoms with Crippen LogP contribution in [0.15, 0.2) is 54.6 Å². The Morgan fingerprint density at radius 2 is 1.48 bits per heavy atom. The summed E-state index contributed by atoms with van der Waals surface area (Å²) in [5.41, 5.74) is 0.00159. The molecule has 0 spiro atoms. The van der Waals surface area contributed by atoms with Crippen LogP contribution in [0.4, 0.5) is 22.0 Å². The highest BCUT2D eigenvalue weighted by Gasteiger charge is 2.43. The predicted octanol–water partition coefficient (Wildman–Crippen LogP) is 8.22. The van der Waals surface area contributed by atoms with Crippen LogP contribution in [-0.4, -0.2) is 6.61 Å². The maximum absolute atomic E-state index is 15.0. The molecule has 0 fully saturated rings. The normalized spacial score (nSPS) is 11.7. The zero-order chi connectivity index (χ0) is 24.2. The maximum Gasteiger partial charge on any atom is 0.427 e. The molecule has 176 valence electrons. The Hall–Kier alpha value is -3.09. The van der Waals surface area contributed by atoms with E-state index in [0.29, 0.717) is 0 Å². The minimum Gasteiger partial charge on any atom is -0.491 e. The summed E-state index contributed by atoms with van der Waals surface area (Å²) in [4.78, 5) is 0. The predicted molar refractivity (Wildman–Crippen MR) is 118 cm³/mol. The van der Waals surface area contributed by atoms with Crippen LogP contribution < -0.4 is 9.47 Å². The van der Waals surface area contributed by atoms with E-state index in [1.54, 1.807) is 12.1 Å². The summed E-state index contributed by atoms with van der Waals surface area (Å²) in [5, 5.41) is 0. The summed E-state index contributed by atoms with van der Waals surface area (Å²) in [6.07, 6.45) is -5.67. The highest BCUT2D eigenvalue weighted by atomic mass is 19.3. The van der Waals surface area contributed by atoms with Crippen molar-refractivity contribution in [3.63, 3.8) is 0 Å². The topological polar surface area (TPSA) is 18.5 Å². The zero-order valence-electron chi connectivity index (χ0n) is 18.6. The summed E-state index contributed by atoms with van der Waals surface area (Å²) in [5.74, 6) is -2.25. The van der Waals surface area contributed by atoms with Crippen molar-refractivity contribution in [3.05, 3.63) is 82.7 Å². The van der Waals surface area contributed by atoms with Crippen LogP contribution in [0.5, 0.6) is 11.5 Å². The second-order valence-corrected chi connectivity index (χ2v) is 7.62. The third-order valence-corrected chi connectivity index (χ3v) is 5.20. The molecule has 0 radical (unpaired) electrons. The first kappa shape index (κ1) is 24.6. The highest BCUT2D eigenvalue weighted by Crippen LogP contribution is 2.43. The molecule has 33 heavy (non-hydrogen) atoms. The van der Waals surface area contributed by atoms with Crippen LogP contribution in [0, 0.1) is 12.7 Å². The average Bonchev–Trinajstić information content (AvgIpc) is 2.76. The Kier molecular flexibility index (Phi) is 7.61. The Bertz CT molecular complexity index is 1080. The van der Waals surface area contributed by atoms with Crippen LogP contribution in [0.1, 0.15) is 48.9 Å². The van der Waals surface area contributed by atoms with E-state index >= 15 is 0 Å². The molecule has 3 aromatic rings. The van der Waals surface area contributed by atoms with Gasteiger partial charge in [0.1, 0.15) is 5.75 Å². The SMILES string of the molecule is CCCc1ccc(-c2ccc(OC(F)(F)c3c(C)cc(OCC)c(F)c3C(F)F)cc2)cc1. The molecule has 0 aliphatic carbocycles. The molecule has 7 heteroatoms. The van der Waals surface area contributed by atoms with E-state index in [-0.39, 0.29) is 17.9 Å². The molecule has 3 aromatic carbocycles. The number of hydrogen-bond donors (Lipinski definition) is 0. The molecule has 0 atom stereocenters. The van der Waals surface area contributed by atoms with Gasteiger partial charge >= 0.3 is 6.11 Å². The van der Waals surface area contributed by atoms with Crippen molar-refractivity contribution in [1.82, 2.24) is 0 Å². The van der Waals surface area contributed by atoms with Gasteiger partial charge in [-0.2, -0.15) is 8.78 Å². The summed E-state index contributed by atoms with van der Waals surface area (Å²) < 4.78 is 81.5. The molecule has 0 unspecified atom stereocenters. The lowest BCUT2D eigenvalue weighted by molar-refractivity contribution is -0.187. The van der Waals surface area contributed by atoms with Gasteiger partial charge < -0.3 is 9.47 Å². The molecule has 3 rings (SSSR count). The molecular formula is C26H25F5O2. The fourth-order valence-electron chi connectivity index (χ4n) is 3.71. The first-order valence-corrected chi connectivity index (χ1v) is 10.7. The van der Waals surface area contributed by atoms with Crippen molar-refractivity contribution in [1.29, 1.82) is 0 Å². The smallest absolute Gasteiger partial charge is 0.427 e. The maximum atomic E-state index is 15.0. The number of hydrogen-bond acceptors (Lipinski definition) is 2. The van der Waals surface area contributed by atoms with Gasteiger partial charge in [-0.1, -0.05) is 49.7 Å². The first-order valence-electron chi connectivity index (χ1n) is 10.7.